The van der Waals surface area contributed by atoms with E-state index in [1.54, 1.807) is 0 Å². The smallest absolute Gasteiger partial charge is 0.151 e. The number of rotatable bonds is 3. The van der Waals surface area contributed by atoms with Crippen LogP contribution in [0.15, 0.2) is 0 Å². The Morgan fingerprint density at radius 1 is 1.22 bits per heavy atom. The molecule has 2 aromatic heterocycles. The minimum absolute atomic E-state index is 0.547. The molecule has 2 N–H and O–H groups in total. The standard InChI is InChI=1S/C14H22N4/c1-6-11-17-12-13(18(11)7-8(2)3)9(4)10(5)16-14(12)15/h8H,6-7H2,1-5H3,(H2,15,16). The number of anilines is 1. The lowest BCUT2D eigenvalue weighted by molar-refractivity contribution is 0.518. The van der Waals surface area contributed by atoms with Gasteiger partial charge in [-0.05, 0) is 25.3 Å². The van der Waals surface area contributed by atoms with Crippen LogP contribution in [-0.2, 0) is 13.0 Å². The Morgan fingerprint density at radius 2 is 1.89 bits per heavy atom. The summed E-state index contributed by atoms with van der Waals surface area (Å²) in [5.74, 6) is 2.23. The van der Waals surface area contributed by atoms with Gasteiger partial charge < -0.3 is 10.3 Å². The summed E-state index contributed by atoms with van der Waals surface area (Å²) in [4.78, 5) is 9.03. The molecule has 2 rings (SSSR count). The SMILES string of the molecule is CCc1nc2c(N)nc(C)c(C)c2n1CC(C)C. The topological polar surface area (TPSA) is 56.7 Å². The lowest BCUT2D eigenvalue weighted by Gasteiger charge is -2.13. The van der Waals surface area contributed by atoms with Crippen molar-refractivity contribution in [1.82, 2.24) is 14.5 Å². The Hall–Kier alpha value is -1.58. The highest BCUT2D eigenvalue weighted by Gasteiger charge is 2.16. The van der Waals surface area contributed by atoms with Crippen molar-refractivity contribution in [3.05, 3.63) is 17.1 Å². The number of pyridine rings is 1. The molecule has 4 nitrogen and oxygen atoms in total. The van der Waals surface area contributed by atoms with Gasteiger partial charge in [0.15, 0.2) is 5.82 Å². The Balaban J connectivity index is 2.80. The summed E-state index contributed by atoms with van der Waals surface area (Å²) in [5.41, 5.74) is 10.2. The van der Waals surface area contributed by atoms with Gasteiger partial charge in [-0.25, -0.2) is 9.97 Å². The fourth-order valence-electron chi connectivity index (χ4n) is 2.38. The minimum atomic E-state index is 0.547. The average molecular weight is 246 g/mol. The van der Waals surface area contributed by atoms with Gasteiger partial charge in [0.05, 0.1) is 5.52 Å². The van der Waals surface area contributed by atoms with Gasteiger partial charge in [-0.1, -0.05) is 20.8 Å². The monoisotopic (exact) mass is 246 g/mol. The van der Waals surface area contributed by atoms with Gasteiger partial charge in [0.1, 0.15) is 11.3 Å². The molecule has 0 bridgehead atoms. The highest BCUT2D eigenvalue weighted by Crippen LogP contribution is 2.26. The molecule has 0 spiro atoms. The third-order valence-corrected chi connectivity index (χ3v) is 3.34. The van der Waals surface area contributed by atoms with E-state index in [0.717, 1.165) is 35.5 Å². The fourth-order valence-corrected chi connectivity index (χ4v) is 2.38. The molecule has 0 unspecified atom stereocenters. The number of hydrogen-bond donors (Lipinski definition) is 1. The molecule has 0 aliphatic heterocycles. The summed E-state index contributed by atoms with van der Waals surface area (Å²) in [6.45, 7) is 11.6. The molecule has 4 heteroatoms. The second-order valence-electron chi connectivity index (χ2n) is 5.29. The van der Waals surface area contributed by atoms with Gasteiger partial charge >= 0.3 is 0 Å². The summed E-state index contributed by atoms with van der Waals surface area (Å²) in [6.07, 6.45) is 0.916. The predicted octanol–water partition coefficient (Wildman–Crippen LogP) is 2.85. The van der Waals surface area contributed by atoms with E-state index < -0.39 is 0 Å². The highest BCUT2D eigenvalue weighted by molar-refractivity contribution is 5.88. The Morgan fingerprint density at radius 3 is 2.44 bits per heavy atom. The Kier molecular flexibility index (Phi) is 3.28. The number of fused-ring (bicyclic) bond motifs is 1. The van der Waals surface area contributed by atoms with Gasteiger partial charge in [0.2, 0.25) is 0 Å². The third kappa shape index (κ3) is 1.96. The maximum absolute atomic E-state index is 6.01. The first-order valence-corrected chi connectivity index (χ1v) is 6.57. The maximum Gasteiger partial charge on any atom is 0.151 e. The normalized spacial score (nSPS) is 11.7. The number of aromatic nitrogens is 3. The minimum Gasteiger partial charge on any atom is -0.382 e. The van der Waals surface area contributed by atoms with E-state index in [0.29, 0.717) is 11.7 Å². The van der Waals surface area contributed by atoms with E-state index in [1.807, 2.05) is 6.92 Å². The van der Waals surface area contributed by atoms with Crippen molar-refractivity contribution in [2.24, 2.45) is 5.92 Å². The quantitative estimate of drug-likeness (QED) is 0.906. The molecule has 2 aromatic rings. The van der Waals surface area contributed by atoms with Gasteiger partial charge in [-0.15, -0.1) is 0 Å². The lowest BCUT2D eigenvalue weighted by Crippen LogP contribution is -2.09. The number of nitrogen functional groups attached to an aromatic ring is 1. The zero-order chi connectivity index (χ0) is 13.4. The summed E-state index contributed by atoms with van der Waals surface area (Å²) in [6, 6.07) is 0. The number of nitrogens with zero attached hydrogens (tertiary/aromatic N) is 3. The van der Waals surface area contributed by atoms with E-state index >= 15 is 0 Å². The summed E-state index contributed by atoms with van der Waals surface area (Å²) in [7, 11) is 0. The molecule has 0 saturated carbocycles. The molecule has 0 atom stereocenters. The average Bonchev–Trinajstić information content (AvgIpc) is 2.65. The van der Waals surface area contributed by atoms with Crippen molar-refractivity contribution in [2.45, 2.75) is 47.6 Å². The number of aryl methyl sites for hydroxylation is 3. The van der Waals surface area contributed by atoms with E-state index in [1.165, 1.54) is 5.56 Å². The molecule has 2 heterocycles. The predicted molar refractivity (Wildman–Crippen MR) is 75.6 cm³/mol. The molecule has 18 heavy (non-hydrogen) atoms. The first kappa shape index (κ1) is 12.9. The van der Waals surface area contributed by atoms with Crippen LogP contribution in [0.5, 0.6) is 0 Å². The molecular weight excluding hydrogens is 224 g/mol. The van der Waals surface area contributed by atoms with Crippen LogP contribution in [-0.4, -0.2) is 14.5 Å². The zero-order valence-electron chi connectivity index (χ0n) is 11.9. The maximum atomic E-state index is 6.01. The van der Waals surface area contributed by atoms with E-state index in [-0.39, 0.29) is 0 Å². The van der Waals surface area contributed by atoms with Crippen LogP contribution in [0.1, 0.15) is 37.9 Å². The van der Waals surface area contributed by atoms with E-state index in [2.05, 4.69) is 42.2 Å². The van der Waals surface area contributed by atoms with Gasteiger partial charge in [-0.2, -0.15) is 0 Å². The van der Waals surface area contributed by atoms with Crippen LogP contribution in [0.4, 0.5) is 5.82 Å². The van der Waals surface area contributed by atoms with Crippen molar-refractivity contribution in [2.75, 3.05) is 5.73 Å². The van der Waals surface area contributed by atoms with Gasteiger partial charge in [-0.3, -0.25) is 0 Å². The third-order valence-electron chi connectivity index (χ3n) is 3.34. The summed E-state index contributed by atoms with van der Waals surface area (Å²) < 4.78 is 2.31. The lowest BCUT2D eigenvalue weighted by atomic mass is 10.1. The van der Waals surface area contributed by atoms with Crippen LogP contribution in [0.3, 0.4) is 0 Å². The molecule has 0 aliphatic rings. The van der Waals surface area contributed by atoms with Crippen LogP contribution in [0, 0.1) is 19.8 Å². The van der Waals surface area contributed by atoms with E-state index in [9.17, 15) is 0 Å². The number of hydrogen-bond acceptors (Lipinski definition) is 3. The van der Waals surface area contributed by atoms with Crippen molar-refractivity contribution < 1.29 is 0 Å². The first-order valence-electron chi connectivity index (χ1n) is 6.57. The molecule has 0 radical (unpaired) electrons. The first-order chi connectivity index (χ1) is 8.45. The molecule has 0 saturated heterocycles. The van der Waals surface area contributed by atoms with Crippen LogP contribution in [0.2, 0.25) is 0 Å². The van der Waals surface area contributed by atoms with Crippen LogP contribution < -0.4 is 5.73 Å². The Labute approximate surface area is 108 Å². The second-order valence-corrected chi connectivity index (χ2v) is 5.29. The highest BCUT2D eigenvalue weighted by atomic mass is 15.1. The zero-order valence-corrected chi connectivity index (χ0v) is 11.9. The Bertz CT molecular complexity index is 581. The van der Waals surface area contributed by atoms with Crippen molar-refractivity contribution in [3.8, 4) is 0 Å². The van der Waals surface area contributed by atoms with Crippen LogP contribution in [0.25, 0.3) is 11.0 Å². The van der Waals surface area contributed by atoms with Gasteiger partial charge in [0.25, 0.3) is 0 Å². The molecular formula is C14H22N4. The molecule has 0 amide bonds. The second kappa shape index (κ2) is 4.59. The number of imidazole rings is 1. The van der Waals surface area contributed by atoms with Crippen LogP contribution >= 0.6 is 0 Å². The van der Waals surface area contributed by atoms with Crippen molar-refractivity contribution in [3.63, 3.8) is 0 Å². The van der Waals surface area contributed by atoms with Crippen molar-refractivity contribution >= 4 is 16.9 Å². The van der Waals surface area contributed by atoms with Gasteiger partial charge in [0, 0.05) is 18.7 Å². The molecule has 0 aliphatic carbocycles. The largest absolute Gasteiger partial charge is 0.382 e. The summed E-state index contributed by atoms with van der Waals surface area (Å²) in [5, 5.41) is 0. The summed E-state index contributed by atoms with van der Waals surface area (Å²) >= 11 is 0. The fraction of sp³-hybridized carbons (Fsp3) is 0.571. The molecule has 0 fully saturated rings. The number of nitrogens with two attached hydrogens (primary N) is 1. The molecule has 0 aromatic carbocycles. The molecule has 98 valence electrons. The van der Waals surface area contributed by atoms with E-state index in [4.69, 9.17) is 5.73 Å². The van der Waals surface area contributed by atoms with Crippen molar-refractivity contribution in [1.29, 1.82) is 0 Å².